The van der Waals surface area contributed by atoms with E-state index in [1.807, 2.05) is 0 Å². The van der Waals surface area contributed by atoms with Gasteiger partial charge in [0.2, 0.25) is 0 Å². The van der Waals surface area contributed by atoms with E-state index < -0.39 is 0 Å². The molecule has 0 atom stereocenters. The Morgan fingerprint density at radius 2 is 2.31 bits per heavy atom. The summed E-state index contributed by atoms with van der Waals surface area (Å²) in [4.78, 5) is 11.3. The van der Waals surface area contributed by atoms with E-state index in [1.165, 1.54) is 0 Å². The average molecular weight is 356 g/mol. The maximum absolute atomic E-state index is 11.3. The lowest BCUT2D eigenvalue weighted by atomic mass is 10.2. The van der Waals surface area contributed by atoms with Gasteiger partial charge in [0.15, 0.2) is 0 Å². The van der Waals surface area contributed by atoms with E-state index in [-0.39, 0.29) is 5.91 Å². The number of nitrogens with one attached hydrogen (secondary N) is 1. The number of benzene rings is 1. The highest BCUT2D eigenvalue weighted by atomic mass is 127. The molecule has 0 unspecified atom stereocenters. The first-order valence-electron chi connectivity index (χ1n) is 3.43. The number of hydrogen-bond acceptors (Lipinski definition) is 2. The molecule has 0 aliphatic carbocycles. The first kappa shape index (κ1) is 10.8. The molecule has 0 saturated heterocycles. The second-order valence-electron chi connectivity index (χ2n) is 2.27. The molecule has 0 bridgehead atoms. The van der Waals surface area contributed by atoms with Crippen LogP contribution in [0.25, 0.3) is 0 Å². The van der Waals surface area contributed by atoms with Crippen LogP contribution in [0.1, 0.15) is 10.4 Å². The first-order chi connectivity index (χ1) is 6.19. The SMILES string of the molecule is COc1ccc(Br)c(C(=O)NI)c1. The topological polar surface area (TPSA) is 38.3 Å². The van der Waals surface area contributed by atoms with Gasteiger partial charge >= 0.3 is 0 Å². The Morgan fingerprint density at radius 1 is 1.62 bits per heavy atom. The lowest BCUT2D eigenvalue weighted by molar-refractivity contribution is 0.0988. The molecule has 0 radical (unpaired) electrons. The average Bonchev–Trinajstić information content (AvgIpc) is 2.17. The van der Waals surface area contributed by atoms with E-state index >= 15 is 0 Å². The number of carbonyl (C=O) groups excluding carboxylic acids is 1. The van der Waals surface area contributed by atoms with Crippen LogP contribution in [0.15, 0.2) is 22.7 Å². The van der Waals surface area contributed by atoms with Gasteiger partial charge in [-0.3, -0.25) is 8.32 Å². The zero-order valence-corrected chi connectivity index (χ0v) is 10.5. The smallest absolute Gasteiger partial charge is 0.261 e. The number of halogens is 2. The molecule has 1 amide bonds. The van der Waals surface area contributed by atoms with Gasteiger partial charge in [-0.05, 0) is 34.1 Å². The molecule has 0 aromatic heterocycles. The summed E-state index contributed by atoms with van der Waals surface area (Å²) < 4.78 is 8.27. The van der Waals surface area contributed by atoms with Crippen LogP contribution in [0.5, 0.6) is 5.75 Å². The minimum absolute atomic E-state index is 0.147. The van der Waals surface area contributed by atoms with Crippen molar-refractivity contribution in [3.63, 3.8) is 0 Å². The molecule has 3 nitrogen and oxygen atoms in total. The van der Waals surface area contributed by atoms with Crippen molar-refractivity contribution in [3.8, 4) is 5.75 Å². The fourth-order valence-electron chi connectivity index (χ4n) is 0.856. The molecule has 0 heterocycles. The van der Waals surface area contributed by atoms with Crippen LogP contribution in [-0.2, 0) is 0 Å². The van der Waals surface area contributed by atoms with Crippen molar-refractivity contribution in [2.75, 3.05) is 7.11 Å². The Labute approximate surface area is 98.5 Å². The van der Waals surface area contributed by atoms with E-state index in [2.05, 4.69) is 19.5 Å². The predicted octanol–water partition coefficient (Wildman–Crippen LogP) is 2.54. The van der Waals surface area contributed by atoms with Crippen LogP contribution in [0, 0.1) is 0 Å². The monoisotopic (exact) mass is 355 g/mol. The highest BCUT2D eigenvalue weighted by Gasteiger charge is 2.09. The number of ether oxygens (including phenoxy) is 1. The third-order valence-electron chi connectivity index (χ3n) is 1.50. The van der Waals surface area contributed by atoms with Crippen LogP contribution in [-0.4, -0.2) is 13.0 Å². The van der Waals surface area contributed by atoms with Crippen LogP contribution in [0.3, 0.4) is 0 Å². The summed E-state index contributed by atoms with van der Waals surface area (Å²) in [6.07, 6.45) is 0. The minimum Gasteiger partial charge on any atom is -0.497 e. The van der Waals surface area contributed by atoms with Crippen molar-refractivity contribution >= 4 is 44.7 Å². The van der Waals surface area contributed by atoms with E-state index in [0.717, 1.165) is 4.47 Å². The van der Waals surface area contributed by atoms with Gasteiger partial charge < -0.3 is 4.74 Å². The fraction of sp³-hybridized carbons (Fsp3) is 0.125. The summed E-state index contributed by atoms with van der Waals surface area (Å²) in [5, 5.41) is 0. The van der Waals surface area contributed by atoms with Gasteiger partial charge in [0.1, 0.15) is 5.75 Å². The largest absolute Gasteiger partial charge is 0.497 e. The number of rotatable bonds is 2. The van der Waals surface area contributed by atoms with E-state index in [1.54, 1.807) is 48.2 Å². The molecule has 1 N–H and O–H groups in total. The molecule has 5 heteroatoms. The van der Waals surface area contributed by atoms with Gasteiger partial charge in [-0.2, -0.15) is 0 Å². The standard InChI is InChI=1S/C8H7BrINO2/c1-13-5-2-3-7(9)6(4-5)8(12)11-10/h2-4H,1H3,(H,11,12). The Kier molecular flexibility index (Phi) is 3.98. The summed E-state index contributed by atoms with van der Waals surface area (Å²) in [7, 11) is 1.56. The lowest BCUT2D eigenvalue weighted by Crippen LogP contribution is -2.12. The van der Waals surface area contributed by atoms with Crippen molar-refractivity contribution in [2.45, 2.75) is 0 Å². The van der Waals surface area contributed by atoms with Gasteiger partial charge in [-0.15, -0.1) is 0 Å². The molecule has 1 aromatic rings. The molecule has 1 rings (SSSR count). The van der Waals surface area contributed by atoms with Gasteiger partial charge in [-0.25, -0.2) is 0 Å². The molecule has 0 aliphatic rings. The summed E-state index contributed by atoms with van der Waals surface area (Å²) >= 11 is 5.08. The summed E-state index contributed by atoms with van der Waals surface area (Å²) in [6, 6.07) is 5.24. The Hall–Kier alpha value is -0.300. The van der Waals surface area contributed by atoms with Crippen LogP contribution in [0.2, 0.25) is 0 Å². The van der Waals surface area contributed by atoms with Crippen molar-refractivity contribution in [2.24, 2.45) is 0 Å². The van der Waals surface area contributed by atoms with Gasteiger partial charge in [0.05, 0.1) is 35.5 Å². The summed E-state index contributed by atoms with van der Waals surface area (Å²) in [5.41, 5.74) is 0.564. The summed E-state index contributed by atoms with van der Waals surface area (Å²) in [5.74, 6) is 0.518. The van der Waals surface area contributed by atoms with Crippen LogP contribution >= 0.6 is 38.8 Å². The van der Waals surface area contributed by atoms with Crippen molar-refractivity contribution < 1.29 is 9.53 Å². The zero-order chi connectivity index (χ0) is 9.84. The van der Waals surface area contributed by atoms with Gasteiger partial charge in [0.25, 0.3) is 5.91 Å². The summed E-state index contributed by atoms with van der Waals surface area (Å²) in [6.45, 7) is 0. The van der Waals surface area contributed by atoms with Crippen molar-refractivity contribution in [1.29, 1.82) is 0 Å². The molecule has 0 saturated carbocycles. The lowest BCUT2D eigenvalue weighted by Gasteiger charge is -2.04. The minimum atomic E-state index is -0.147. The molecule has 0 aliphatic heterocycles. The molecule has 70 valence electrons. The second kappa shape index (κ2) is 4.80. The van der Waals surface area contributed by atoms with E-state index in [9.17, 15) is 4.79 Å². The van der Waals surface area contributed by atoms with Gasteiger partial charge in [-0.1, -0.05) is 0 Å². The molecule has 0 spiro atoms. The predicted molar refractivity (Wildman–Crippen MR) is 62.2 cm³/mol. The Balaban J connectivity index is 3.11. The number of carbonyl (C=O) groups is 1. The molecule has 13 heavy (non-hydrogen) atoms. The quantitative estimate of drug-likeness (QED) is 0.654. The highest BCUT2D eigenvalue weighted by molar-refractivity contribution is 14.1. The van der Waals surface area contributed by atoms with Crippen molar-refractivity contribution in [3.05, 3.63) is 28.2 Å². The third kappa shape index (κ3) is 2.57. The Morgan fingerprint density at radius 3 is 2.85 bits per heavy atom. The highest BCUT2D eigenvalue weighted by Crippen LogP contribution is 2.22. The second-order valence-corrected chi connectivity index (χ2v) is 3.66. The number of amides is 1. The molecule has 1 aromatic carbocycles. The Bertz CT molecular complexity index is 330. The van der Waals surface area contributed by atoms with Crippen LogP contribution in [0.4, 0.5) is 0 Å². The molecule has 0 fully saturated rings. The molecular formula is C8H7BrINO2. The van der Waals surface area contributed by atoms with Gasteiger partial charge in [0, 0.05) is 4.47 Å². The molecular weight excluding hydrogens is 349 g/mol. The maximum Gasteiger partial charge on any atom is 0.261 e. The first-order valence-corrected chi connectivity index (χ1v) is 5.30. The zero-order valence-electron chi connectivity index (χ0n) is 6.80. The number of hydrogen-bond donors (Lipinski definition) is 1. The van der Waals surface area contributed by atoms with Crippen molar-refractivity contribution in [1.82, 2.24) is 3.53 Å². The van der Waals surface area contributed by atoms with E-state index in [0.29, 0.717) is 11.3 Å². The third-order valence-corrected chi connectivity index (χ3v) is 2.69. The maximum atomic E-state index is 11.3. The number of methoxy groups -OCH3 is 1. The fourth-order valence-corrected chi connectivity index (χ4v) is 1.57. The van der Waals surface area contributed by atoms with E-state index in [4.69, 9.17) is 4.74 Å². The normalized spacial score (nSPS) is 9.46. The van der Waals surface area contributed by atoms with Crippen LogP contribution < -0.4 is 8.27 Å².